The average Bonchev–Trinajstić information content (AvgIpc) is 3.44. The number of thiophene rings is 1. The van der Waals surface area contributed by atoms with Gasteiger partial charge in [-0.3, -0.25) is 4.79 Å². The summed E-state index contributed by atoms with van der Waals surface area (Å²) in [4.78, 5) is 16.2. The molecule has 4 nitrogen and oxygen atoms in total. The first-order valence-electron chi connectivity index (χ1n) is 10.8. The zero-order chi connectivity index (χ0) is 21.3. The van der Waals surface area contributed by atoms with Crippen molar-refractivity contribution in [1.82, 2.24) is 0 Å². The summed E-state index contributed by atoms with van der Waals surface area (Å²) in [5, 5.41) is 13.5. The Bertz CT molecular complexity index is 962. The molecule has 1 amide bonds. The van der Waals surface area contributed by atoms with Gasteiger partial charge in [0.15, 0.2) is 0 Å². The minimum atomic E-state index is 0.109. The van der Waals surface area contributed by atoms with Crippen molar-refractivity contribution in [2.24, 2.45) is 17.8 Å². The third-order valence-electron chi connectivity index (χ3n) is 6.71. The molecule has 0 saturated heterocycles. The Balaban J connectivity index is 1.37. The molecule has 2 aliphatic rings. The van der Waals surface area contributed by atoms with Crippen molar-refractivity contribution in [3.8, 4) is 6.07 Å². The maximum absolute atomic E-state index is 12.8. The Morgan fingerprint density at radius 1 is 1.30 bits per heavy atom. The molecule has 1 N–H and O–H groups in total. The lowest BCUT2D eigenvalue weighted by molar-refractivity contribution is -0.121. The van der Waals surface area contributed by atoms with Crippen LogP contribution in [-0.2, 0) is 11.2 Å². The van der Waals surface area contributed by atoms with Gasteiger partial charge in [0, 0.05) is 30.1 Å². The number of amides is 1. The van der Waals surface area contributed by atoms with Crippen LogP contribution in [0.4, 0.5) is 10.7 Å². The molecular formula is C24H28BrN3OS. The second-order valence-corrected chi connectivity index (χ2v) is 10.7. The first-order chi connectivity index (χ1) is 14.5. The van der Waals surface area contributed by atoms with E-state index in [9.17, 15) is 10.1 Å². The van der Waals surface area contributed by atoms with E-state index in [1.807, 2.05) is 0 Å². The number of nitriles is 1. The first kappa shape index (κ1) is 21.4. The van der Waals surface area contributed by atoms with Gasteiger partial charge in [-0.25, -0.2) is 0 Å². The second kappa shape index (κ2) is 9.11. The number of hydrogen-bond acceptors (Lipinski definition) is 4. The van der Waals surface area contributed by atoms with Gasteiger partial charge in [-0.15, -0.1) is 11.3 Å². The number of anilines is 2. The van der Waals surface area contributed by atoms with Crippen LogP contribution in [0, 0.1) is 36.0 Å². The van der Waals surface area contributed by atoms with Crippen molar-refractivity contribution in [3.05, 3.63) is 44.7 Å². The highest BCUT2D eigenvalue weighted by molar-refractivity contribution is 9.10. The van der Waals surface area contributed by atoms with Crippen LogP contribution >= 0.6 is 27.3 Å². The van der Waals surface area contributed by atoms with Gasteiger partial charge in [0.25, 0.3) is 0 Å². The van der Waals surface area contributed by atoms with Gasteiger partial charge in [-0.1, -0.05) is 24.1 Å². The van der Waals surface area contributed by atoms with Crippen LogP contribution in [0.1, 0.15) is 48.1 Å². The highest BCUT2D eigenvalue weighted by Gasteiger charge is 2.43. The van der Waals surface area contributed by atoms with Gasteiger partial charge in [0.1, 0.15) is 16.6 Å². The zero-order valence-electron chi connectivity index (χ0n) is 17.6. The topological polar surface area (TPSA) is 56.1 Å². The number of carbonyl (C=O) groups is 1. The van der Waals surface area contributed by atoms with Gasteiger partial charge in [-0.2, -0.15) is 5.26 Å². The molecule has 2 bridgehead atoms. The maximum Gasteiger partial charge on any atom is 0.228 e. The fourth-order valence-electron chi connectivity index (χ4n) is 4.98. The number of carbonyl (C=O) groups excluding carboxylic acids is 1. The number of nitrogens with zero attached hydrogens (tertiary/aromatic N) is 2. The predicted octanol–water partition coefficient (Wildman–Crippen LogP) is 6.13. The first-order valence-corrected chi connectivity index (χ1v) is 12.4. The molecule has 158 valence electrons. The number of rotatable bonds is 7. The van der Waals surface area contributed by atoms with E-state index >= 15 is 0 Å². The Kier molecular flexibility index (Phi) is 6.50. The standard InChI is InChI=1S/C24H28BrN3OS/c1-15-5-9-18(10-6-15)28(2)11-3-4-21-22(25)20(14-26)24(30-21)27-23(29)19-13-16-7-8-17(19)12-16/h5-6,9-10,16-17,19H,3-4,7-8,11-13H2,1-2H3,(H,27,29)/t16-,17+,19+/m0/s1. The third-order valence-corrected chi connectivity index (χ3v) is 9.01. The average molecular weight is 486 g/mol. The second-order valence-electron chi connectivity index (χ2n) is 8.79. The van der Waals surface area contributed by atoms with Crippen LogP contribution in [0.5, 0.6) is 0 Å². The highest BCUT2D eigenvalue weighted by Crippen LogP contribution is 2.49. The molecule has 6 heteroatoms. The quantitative estimate of drug-likeness (QED) is 0.512. The monoisotopic (exact) mass is 485 g/mol. The summed E-state index contributed by atoms with van der Waals surface area (Å²) >= 11 is 5.16. The number of aryl methyl sites for hydroxylation is 2. The van der Waals surface area contributed by atoms with Crippen LogP contribution in [0.2, 0.25) is 0 Å². The number of halogens is 1. The Morgan fingerprint density at radius 2 is 2.07 bits per heavy atom. The lowest BCUT2D eigenvalue weighted by atomic mass is 9.88. The lowest BCUT2D eigenvalue weighted by Crippen LogP contribution is -2.27. The molecule has 0 aliphatic heterocycles. The summed E-state index contributed by atoms with van der Waals surface area (Å²) < 4.78 is 0.844. The molecule has 1 heterocycles. The Hall–Kier alpha value is -1.84. The van der Waals surface area contributed by atoms with E-state index in [0.29, 0.717) is 16.5 Å². The summed E-state index contributed by atoms with van der Waals surface area (Å²) in [6, 6.07) is 10.8. The van der Waals surface area contributed by atoms with E-state index in [4.69, 9.17) is 0 Å². The highest BCUT2D eigenvalue weighted by atomic mass is 79.9. The van der Waals surface area contributed by atoms with E-state index < -0.39 is 0 Å². The predicted molar refractivity (Wildman–Crippen MR) is 127 cm³/mol. The summed E-state index contributed by atoms with van der Waals surface area (Å²) in [5.41, 5.74) is 3.04. The maximum atomic E-state index is 12.8. The number of benzene rings is 1. The van der Waals surface area contributed by atoms with Crippen molar-refractivity contribution >= 4 is 43.9 Å². The minimum Gasteiger partial charge on any atom is -0.375 e. The van der Waals surface area contributed by atoms with Gasteiger partial charge in [0.2, 0.25) is 5.91 Å². The normalized spacial score (nSPS) is 22.1. The van der Waals surface area contributed by atoms with Crippen molar-refractivity contribution in [2.45, 2.75) is 45.4 Å². The summed E-state index contributed by atoms with van der Waals surface area (Å²) in [6.45, 7) is 3.03. The number of nitrogens with one attached hydrogen (secondary N) is 1. The van der Waals surface area contributed by atoms with Gasteiger partial charge >= 0.3 is 0 Å². The van der Waals surface area contributed by atoms with Crippen LogP contribution in [0.25, 0.3) is 0 Å². The van der Waals surface area contributed by atoms with Gasteiger partial charge in [-0.05, 0) is 78.9 Å². The molecule has 2 saturated carbocycles. The smallest absolute Gasteiger partial charge is 0.228 e. The van der Waals surface area contributed by atoms with E-state index in [1.54, 1.807) is 11.3 Å². The molecule has 1 aromatic carbocycles. The molecule has 2 aliphatic carbocycles. The molecular weight excluding hydrogens is 458 g/mol. The largest absolute Gasteiger partial charge is 0.375 e. The molecule has 2 fully saturated rings. The van der Waals surface area contributed by atoms with Crippen molar-refractivity contribution < 1.29 is 4.79 Å². The van der Waals surface area contributed by atoms with E-state index in [1.165, 1.54) is 30.5 Å². The van der Waals surface area contributed by atoms with Crippen LogP contribution in [0.15, 0.2) is 28.7 Å². The molecule has 0 radical (unpaired) electrons. The summed E-state index contributed by atoms with van der Waals surface area (Å²) in [6.07, 6.45) is 6.54. The Morgan fingerprint density at radius 3 is 2.70 bits per heavy atom. The van der Waals surface area contributed by atoms with E-state index in [-0.39, 0.29) is 11.8 Å². The van der Waals surface area contributed by atoms with Crippen LogP contribution in [-0.4, -0.2) is 19.5 Å². The van der Waals surface area contributed by atoms with Gasteiger partial charge in [0.05, 0.1) is 4.47 Å². The van der Waals surface area contributed by atoms with Crippen LogP contribution < -0.4 is 10.2 Å². The molecule has 0 spiro atoms. The van der Waals surface area contributed by atoms with Crippen molar-refractivity contribution in [3.63, 3.8) is 0 Å². The molecule has 2 aromatic rings. The lowest BCUT2D eigenvalue weighted by Gasteiger charge is -2.20. The fourth-order valence-corrected chi connectivity index (χ4v) is 6.93. The van der Waals surface area contributed by atoms with E-state index in [2.05, 4.69) is 70.5 Å². The zero-order valence-corrected chi connectivity index (χ0v) is 20.0. The summed E-state index contributed by atoms with van der Waals surface area (Å²) in [7, 11) is 2.11. The molecule has 30 heavy (non-hydrogen) atoms. The SMILES string of the molecule is Cc1ccc(N(C)CCCc2sc(NC(=O)[C@@H]3C[C@H]4CC[C@@H]3C4)c(C#N)c2Br)cc1. The van der Waals surface area contributed by atoms with E-state index in [0.717, 1.165) is 41.1 Å². The van der Waals surface area contributed by atoms with Crippen molar-refractivity contribution in [1.29, 1.82) is 5.26 Å². The third kappa shape index (κ3) is 4.43. The fraction of sp³-hybridized carbons (Fsp3) is 0.500. The van der Waals surface area contributed by atoms with Gasteiger partial charge < -0.3 is 10.2 Å². The number of hydrogen-bond donors (Lipinski definition) is 1. The van der Waals surface area contributed by atoms with Crippen LogP contribution in [0.3, 0.4) is 0 Å². The minimum absolute atomic E-state index is 0.109. The molecule has 0 unspecified atom stereocenters. The molecule has 1 aromatic heterocycles. The molecule has 3 atom stereocenters. The molecule has 4 rings (SSSR count). The number of fused-ring (bicyclic) bond motifs is 2. The Labute approximate surface area is 191 Å². The van der Waals surface area contributed by atoms with Crippen molar-refractivity contribution in [2.75, 3.05) is 23.8 Å². The summed E-state index contributed by atoms with van der Waals surface area (Å²) in [5.74, 6) is 1.51.